The van der Waals surface area contributed by atoms with E-state index in [1.165, 1.54) is 11.1 Å². The Labute approximate surface area is 136 Å². The fraction of sp³-hybridized carbons (Fsp3) is 0.389. The number of carbonyl (C=O) groups excluding carboxylic acids is 1. The van der Waals surface area contributed by atoms with Crippen LogP contribution in [0.2, 0.25) is 0 Å². The lowest BCUT2D eigenvalue weighted by molar-refractivity contribution is -0.122. The van der Waals surface area contributed by atoms with Crippen molar-refractivity contribution >= 4 is 11.9 Å². The lowest BCUT2D eigenvalue weighted by Crippen LogP contribution is -2.31. The molecule has 0 bridgehead atoms. The third-order valence-corrected chi connectivity index (χ3v) is 4.22. The lowest BCUT2D eigenvalue weighted by atomic mass is 9.82. The SMILES string of the molecule is O=C(CC1CCc2ccccc2C1)NCCNc1ncccn1. The number of nitrogens with zero attached hydrogens (tertiary/aromatic N) is 2. The van der Waals surface area contributed by atoms with E-state index >= 15 is 0 Å². The predicted molar refractivity (Wildman–Crippen MR) is 90.1 cm³/mol. The number of nitrogens with one attached hydrogen (secondary N) is 2. The standard InChI is InChI=1S/C18H22N4O/c23-17(19-10-11-22-18-20-8-3-9-21-18)13-14-6-7-15-4-1-2-5-16(15)12-14/h1-5,8-9,14H,6-7,10-13H2,(H,19,23)(H,20,21,22). The van der Waals surface area contributed by atoms with Crippen LogP contribution in [0.25, 0.3) is 0 Å². The molecule has 1 aliphatic rings. The minimum atomic E-state index is 0.130. The fourth-order valence-electron chi connectivity index (χ4n) is 3.05. The topological polar surface area (TPSA) is 66.9 Å². The molecule has 0 spiro atoms. The highest BCUT2D eigenvalue weighted by Crippen LogP contribution is 2.27. The molecule has 5 nitrogen and oxygen atoms in total. The quantitative estimate of drug-likeness (QED) is 0.803. The third-order valence-electron chi connectivity index (χ3n) is 4.22. The maximum atomic E-state index is 12.1. The summed E-state index contributed by atoms with van der Waals surface area (Å²) in [7, 11) is 0. The Morgan fingerprint density at radius 3 is 2.70 bits per heavy atom. The second-order valence-corrected chi connectivity index (χ2v) is 5.93. The molecular weight excluding hydrogens is 288 g/mol. The summed E-state index contributed by atoms with van der Waals surface area (Å²) in [6.45, 7) is 1.21. The maximum absolute atomic E-state index is 12.1. The molecule has 2 aromatic rings. The summed E-state index contributed by atoms with van der Waals surface area (Å²) in [5.74, 6) is 1.17. The van der Waals surface area contributed by atoms with Gasteiger partial charge >= 0.3 is 0 Å². The van der Waals surface area contributed by atoms with Crippen LogP contribution in [0.4, 0.5) is 5.95 Å². The second kappa shape index (κ2) is 7.72. The fourth-order valence-corrected chi connectivity index (χ4v) is 3.05. The average Bonchev–Trinajstić information content (AvgIpc) is 2.59. The van der Waals surface area contributed by atoms with Crippen LogP contribution >= 0.6 is 0 Å². The molecule has 5 heteroatoms. The van der Waals surface area contributed by atoms with E-state index in [2.05, 4.69) is 44.9 Å². The highest BCUT2D eigenvalue weighted by atomic mass is 16.1. The number of amides is 1. The summed E-state index contributed by atoms with van der Waals surface area (Å²) in [6.07, 6.45) is 7.18. The zero-order valence-corrected chi connectivity index (χ0v) is 13.2. The van der Waals surface area contributed by atoms with Gasteiger partial charge in [0, 0.05) is 31.9 Å². The number of fused-ring (bicyclic) bond motifs is 1. The number of aromatic nitrogens is 2. The van der Waals surface area contributed by atoms with E-state index < -0.39 is 0 Å². The lowest BCUT2D eigenvalue weighted by Gasteiger charge is -2.24. The van der Waals surface area contributed by atoms with Crippen LogP contribution < -0.4 is 10.6 Å². The van der Waals surface area contributed by atoms with Gasteiger partial charge in [0.05, 0.1) is 0 Å². The predicted octanol–water partition coefficient (Wildman–Crippen LogP) is 2.20. The number of anilines is 1. The molecular formula is C18H22N4O. The van der Waals surface area contributed by atoms with Gasteiger partial charge in [0.1, 0.15) is 0 Å². The summed E-state index contributed by atoms with van der Waals surface area (Å²) in [5, 5.41) is 6.05. The first-order chi connectivity index (χ1) is 11.3. The molecule has 1 aromatic carbocycles. The van der Waals surface area contributed by atoms with Crippen LogP contribution in [0.3, 0.4) is 0 Å². The Morgan fingerprint density at radius 1 is 1.09 bits per heavy atom. The zero-order chi connectivity index (χ0) is 15.9. The minimum Gasteiger partial charge on any atom is -0.354 e. The van der Waals surface area contributed by atoms with Crippen molar-refractivity contribution in [2.45, 2.75) is 25.7 Å². The molecule has 1 heterocycles. The van der Waals surface area contributed by atoms with Gasteiger partial charge in [0.25, 0.3) is 0 Å². The van der Waals surface area contributed by atoms with Crippen molar-refractivity contribution in [2.24, 2.45) is 5.92 Å². The summed E-state index contributed by atoms with van der Waals surface area (Å²) < 4.78 is 0. The third kappa shape index (κ3) is 4.52. The van der Waals surface area contributed by atoms with Crippen molar-refractivity contribution in [1.29, 1.82) is 0 Å². The molecule has 23 heavy (non-hydrogen) atoms. The molecule has 1 unspecified atom stereocenters. The van der Waals surface area contributed by atoms with Gasteiger partial charge in [0.15, 0.2) is 0 Å². The van der Waals surface area contributed by atoms with Gasteiger partial charge in [-0.15, -0.1) is 0 Å². The molecule has 3 rings (SSSR count). The Kier molecular flexibility index (Phi) is 5.19. The van der Waals surface area contributed by atoms with E-state index in [0.29, 0.717) is 31.4 Å². The van der Waals surface area contributed by atoms with Crippen LogP contribution in [0, 0.1) is 5.92 Å². The first kappa shape index (κ1) is 15.5. The number of aryl methyl sites for hydroxylation is 1. The molecule has 0 aliphatic heterocycles. The van der Waals surface area contributed by atoms with Gasteiger partial charge in [-0.25, -0.2) is 9.97 Å². The first-order valence-corrected chi connectivity index (χ1v) is 8.15. The van der Waals surface area contributed by atoms with Crippen molar-refractivity contribution in [1.82, 2.24) is 15.3 Å². The van der Waals surface area contributed by atoms with E-state index in [4.69, 9.17) is 0 Å². The van der Waals surface area contributed by atoms with Gasteiger partial charge in [0.2, 0.25) is 11.9 Å². The molecule has 0 saturated heterocycles. The van der Waals surface area contributed by atoms with Crippen molar-refractivity contribution in [3.05, 3.63) is 53.9 Å². The van der Waals surface area contributed by atoms with E-state index in [1.54, 1.807) is 18.5 Å². The van der Waals surface area contributed by atoms with Crippen LogP contribution in [0.5, 0.6) is 0 Å². The van der Waals surface area contributed by atoms with Crippen LogP contribution in [0.1, 0.15) is 24.0 Å². The van der Waals surface area contributed by atoms with Gasteiger partial charge in [-0.05, 0) is 42.4 Å². The van der Waals surface area contributed by atoms with E-state index in [0.717, 1.165) is 19.3 Å². The van der Waals surface area contributed by atoms with E-state index in [-0.39, 0.29) is 5.91 Å². The smallest absolute Gasteiger partial charge is 0.222 e. The molecule has 1 aromatic heterocycles. The summed E-state index contributed by atoms with van der Waals surface area (Å²) in [6, 6.07) is 10.3. The Bertz CT molecular complexity index is 644. The zero-order valence-electron chi connectivity index (χ0n) is 13.2. The van der Waals surface area contributed by atoms with Crippen molar-refractivity contribution in [2.75, 3.05) is 18.4 Å². The average molecular weight is 310 g/mol. The highest BCUT2D eigenvalue weighted by molar-refractivity contribution is 5.76. The summed E-state index contributed by atoms with van der Waals surface area (Å²) >= 11 is 0. The molecule has 0 fully saturated rings. The van der Waals surface area contributed by atoms with Crippen LogP contribution in [0.15, 0.2) is 42.7 Å². The number of benzene rings is 1. The number of rotatable bonds is 6. The minimum absolute atomic E-state index is 0.130. The van der Waals surface area contributed by atoms with Crippen LogP contribution in [-0.4, -0.2) is 29.0 Å². The molecule has 0 saturated carbocycles. The Balaban J connectivity index is 1.37. The van der Waals surface area contributed by atoms with Crippen LogP contribution in [-0.2, 0) is 17.6 Å². The molecule has 1 aliphatic carbocycles. The monoisotopic (exact) mass is 310 g/mol. The van der Waals surface area contributed by atoms with Gasteiger partial charge < -0.3 is 10.6 Å². The molecule has 0 radical (unpaired) electrons. The Hall–Kier alpha value is -2.43. The summed E-state index contributed by atoms with van der Waals surface area (Å²) in [5.41, 5.74) is 2.84. The largest absolute Gasteiger partial charge is 0.354 e. The molecule has 1 atom stereocenters. The normalized spacial score (nSPS) is 16.4. The molecule has 2 N–H and O–H groups in total. The van der Waals surface area contributed by atoms with Crippen molar-refractivity contribution in [3.63, 3.8) is 0 Å². The first-order valence-electron chi connectivity index (χ1n) is 8.15. The van der Waals surface area contributed by atoms with Gasteiger partial charge in [-0.1, -0.05) is 24.3 Å². The van der Waals surface area contributed by atoms with Gasteiger partial charge in [-0.2, -0.15) is 0 Å². The second-order valence-electron chi connectivity index (χ2n) is 5.93. The molecule has 120 valence electrons. The van der Waals surface area contributed by atoms with Gasteiger partial charge in [-0.3, -0.25) is 4.79 Å². The van der Waals surface area contributed by atoms with E-state index in [9.17, 15) is 4.79 Å². The summed E-state index contributed by atoms with van der Waals surface area (Å²) in [4.78, 5) is 20.2. The number of hydrogen-bond acceptors (Lipinski definition) is 4. The van der Waals surface area contributed by atoms with Crippen molar-refractivity contribution in [3.8, 4) is 0 Å². The Morgan fingerprint density at radius 2 is 1.87 bits per heavy atom. The number of hydrogen-bond donors (Lipinski definition) is 2. The molecule has 1 amide bonds. The number of carbonyl (C=O) groups is 1. The highest BCUT2D eigenvalue weighted by Gasteiger charge is 2.20. The van der Waals surface area contributed by atoms with Crippen molar-refractivity contribution < 1.29 is 4.79 Å². The van der Waals surface area contributed by atoms with E-state index in [1.807, 2.05) is 0 Å². The maximum Gasteiger partial charge on any atom is 0.222 e.